The van der Waals surface area contributed by atoms with Crippen molar-refractivity contribution in [1.29, 1.82) is 0 Å². The minimum Gasteiger partial charge on any atom is -0.399 e. The molecule has 1 amide bonds. The molecule has 1 aliphatic carbocycles. The van der Waals surface area contributed by atoms with E-state index in [0.717, 1.165) is 12.8 Å². The Labute approximate surface area is 100 Å². The highest BCUT2D eigenvalue weighted by atomic mass is 19.1. The van der Waals surface area contributed by atoms with E-state index in [2.05, 4.69) is 0 Å². The van der Waals surface area contributed by atoms with Gasteiger partial charge in [0.15, 0.2) is 0 Å². The molecule has 2 N–H and O–H groups in total. The van der Waals surface area contributed by atoms with Crippen LogP contribution in [0.3, 0.4) is 0 Å². The van der Waals surface area contributed by atoms with Gasteiger partial charge in [-0.3, -0.25) is 4.79 Å². The van der Waals surface area contributed by atoms with E-state index < -0.39 is 5.82 Å². The molecule has 0 aliphatic heterocycles. The third-order valence-electron chi connectivity index (χ3n) is 3.46. The van der Waals surface area contributed by atoms with Crippen molar-refractivity contribution < 1.29 is 9.18 Å². The number of hydrogen-bond donors (Lipinski definition) is 1. The van der Waals surface area contributed by atoms with Crippen LogP contribution < -0.4 is 5.73 Å². The molecule has 1 aromatic carbocycles. The highest BCUT2D eigenvalue weighted by molar-refractivity contribution is 5.95. The molecule has 2 rings (SSSR count). The van der Waals surface area contributed by atoms with Crippen molar-refractivity contribution >= 4 is 11.6 Å². The van der Waals surface area contributed by atoms with E-state index >= 15 is 0 Å². The topological polar surface area (TPSA) is 46.3 Å². The van der Waals surface area contributed by atoms with Gasteiger partial charge in [-0.1, -0.05) is 0 Å². The number of carbonyl (C=O) groups is 1. The van der Waals surface area contributed by atoms with E-state index in [1.165, 1.54) is 18.2 Å². The summed E-state index contributed by atoms with van der Waals surface area (Å²) in [6.45, 7) is 2.00. The van der Waals surface area contributed by atoms with E-state index in [1.807, 2.05) is 6.92 Å². The third kappa shape index (κ3) is 2.40. The number of hydrogen-bond acceptors (Lipinski definition) is 2. The zero-order valence-corrected chi connectivity index (χ0v) is 10.1. The number of nitrogen functional groups attached to an aromatic ring is 1. The van der Waals surface area contributed by atoms with Crippen LogP contribution in [-0.2, 0) is 0 Å². The van der Waals surface area contributed by atoms with E-state index in [-0.39, 0.29) is 17.5 Å². The van der Waals surface area contributed by atoms with Crippen molar-refractivity contribution in [2.45, 2.75) is 25.8 Å². The minimum absolute atomic E-state index is 0.0556. The van der Waals surface area contributed by atoms with E-state index in [1.54, 1.807) is 11.9 Å². The lowest BCUT2D eigenvalue weighted by Crippen LogP contribution is -2.36. The summed E-state index contributed by atoms with van der Waals surface area (Å²) in [7, 11) is 1.72. The van der Waals surface area contributed by atoms with Gasteiger partial charge < -0.3 is 10.6 Å². The quantitative estimate of drug-likeness (QED) is 0.818. The maximum absolute atomic E-state index is 13.6. The van der Waals surface area contributed by atoms with Gasteiger partial charge in [0.25, 0.3) is 5.91 Å². The highest BCUT2D eigenvalue weighted by Crippen LogP contribution is 2.35. The van der Waals surface area contributed by atoms with Crippen molar-refractivity contribution in [3.8, 4) is 0 Å². The molecule has 3 nitrogen and oxygen atoms in total. The van der Waals surface area contributed by atoms with Crippen LogP contribution in [0.4, 0.5) is 10.1 Å². The van der Waals surface area contributed by atoms with Crippen molar-refractivity contribution in [3.05, 3.63) is 29.6 Å². The molecule has 1 aliphatic rings. The Bertz CT molecular complexity index is 443. The summed E-state index contributed by atoms with van der Waals surface area (Å²) in [4.78, 5) is 13.7. The molecule has 92 valence electrons. The molecule has 17 heavy (non-hydrogen) atoms. The fourth-order valence-electron chi connectivity index (χ4n) is 1.98. The maximum atomic E-state index is 13.6. The average molecular weight is 236 g/mol. The Balaban J connectivity index is 2.20. The molecular weight excluding hydrogens is 219 g/mol. The van der Waals surface area contributed by atoms with Gasteiger partial charge in [0, 0.05) is 18.8 Å². The lowest BCUT2D eigenvalue weighted by atomic mass is 10.1. The average Bonchev–Trinajstić information content (AvgIpc) is 3.13. The van der Waals surface area contributed by atoms with Crippen LogP contribution in [-0.4, -0.2) is 23.9 Å². The van der Waals surface area contributed by atoms with Gasteiger partial charge in [-0.15, -0.1) is 0 Å². The monoisotopic (exact) mass is 236 g/mol. The highest BCUT2D eigenvalue weighted by Gasteiger charge is 2.33. The first-order chi connectivity index (χ1) is 8.00. The molecular formula is C13H17FN2O. The van der Waals surface area contributed by atoms with Crippen LogP contribution in [0.5, 0.6) is 0 Å². The molecule has 1 atom stereocenters. The Kier molecular flexibility index (Phi) is 3.05. The largest absolute Gasteiger partial charge is 0.399 e. The Morgan fingerprint density at radius 1 is 1.53 bits per heavy atom. The SMILES string of the molecule is CC(C1CC1)N(C)C(=O)c1cc(N)ccc1F. The van der Waals surface area contributed by atoms with E-state index in [9.17, 15) is 9.18 Å². The fourth-order valence-corrected chi connectivity index (χ4v) is 1.98. The molecule has 1 fully saturated rings. The summed E-state index contributed by atoms with van der Waals surface area (Å²) in [6.07, 6.45) is 2.30. The summed E-state index contributed by atoms with van der Waals surface area (Å²) in [5.74, 6) is -0.249. The molecule has 0 radical (unpaired) electrons. The molecule has 1 unspecified atom stereocenters. The maximum Gasteiger partial charge on any atom is 0.256 e. The second-order valence-electron chi connectivity index (χ2n) is 4.73. The Hall–Kier alpha value is -1.58. The van der Waals surface area contributed by atoms with Crippen LogP contribution in [0.1, 0.15) is 30.1 Å². The number of nitrogens with zero attached hydrogens (tertiary/aromatic N) is 1. The van der Waals surface area contributed by atoms with Gasteiger partial charge in [0.05, 0.1) is 5.56 Å². The first kappa shape index (κ1) is 11.9. The molecule has 0 heterocycles. The van der Waals surface area contributed by atoms with Crippen LogP contribution >= 0.6 is 0 Å². The number of halogens is 1. The lowest BCUT2D eigenvalue weighted by molar-refractivity contribution is 0.0722. The van der Waals surface area contributed by atoms with Crippen molar-refractivity contribution in [2.24, 2.45) is 5.92 Å². The molecule has 0 aromatic heterocycles. The zero-order valence-electron chi connectivity index (χ0n) is 10.1. The van der Waals surface area contributed by atoms with Gasteiger partial charge in [-0.25, -0.2) is 4.39 Å². The first-order valence-corrected chi connectivity index (χ1v) is 5.83. The Morgan fingerprint density at radius 2 is 2.18 bits per heavy atom. The van der Waals surface area contributed by atoms with Gasteiger partial charge >= 0.3 is 0 Å². The lowest BCUT2D eigenvalue weighted by Gasteiger charge is -2.25. The van der Waals surface area contributed by atoms with Crippen LogP contribution in [0.15, 0.2) is 18.2 Å². The summed E-state index contributed by atoms with van der Waals surface area (Å²) in [5.41, 5.74) is 6.04. The Morgan fingerprint density at radius 3 is 2.76 bits per heavy atom. The third-order valence-corrected chi connectivity index (χ3v) is 3.46. The van der Waals surface area contributed by atoms with Crippen molar-refractivity contribution in [1.82, 2.24) is 4.90 Å². The molecule has 0 bridgehead atoms. The summed E-state index contributed by atoms with van der Waals surface area (Å²) >= 11 is 0. The fraction of sp³-hybridized carbons (Fsp3) is 0.462. The first-order valence-electron chi connectivity index (χ1n) is 5.83. The predicted molar refractivity (Wildman–Crippen MR) is 65.1 cm³/mol. The second-order valence-corrected chi connectivity index (χ2v) is 4.73. The summed E-state index contributed by atoms with van der Waals surface area (Å²) in [5, 5.41) is 0. The number of rotatable bonds is 3. The van der Waals surface area contributed by atoms with Gasteiger partial charge in [0.1, 0.15) is 5.82 Å². The number of benzene rings is 1. The normalized spacial score (nSPS) is 16.6. The van der Waals surface area contributed by atoms with Crippen LogP contribution in [0, 0.1) is 11.7 Å². The molecule has 0 saturated heterocycles. The number of carbonyl (C=O) groups excluding carboxylic acids is 1. The number of nitrogens with two attached hydrogens (primary N) is 1. The van der Waals surface area contributed by atoms with Crippen LogP contribution in [0.25, 0.3) is 0 Å². The van der Waals surface area contributed by atoms with Crippen molar-refractivity contribution in [2.75, 3.05) is 12.8 Å². The number of anilines is 1. The van der Waals surface area contributed by atoms with E-state index in [4.69, 9.17) is 5.73 Å². The predicted octanol–water partition coefficient (Wildman–Crippen LogP) is 2.28. The van der Waals surface area contributed by atoms with Gasteiger partial charge in [-0.2, -0.15) is 0 Å². The molecule has 1 aromatic rings. The molecule has 0 spiro atoms. The van der Waals surface area contributed by atoms with Crippen molar-refractivity contribution in [3.63, 3.8) is 0 Å². The molecule has 1 saturated carbocycles. The summed E-state index contributed by atoms with van der Waals surface area (Å²) in [6, 6.07) is 4.24. The van der Waals surface area contributed by atoms with Gasteiger partial charge in [0.2, 0.25) is 0 Å². The zero-order chi connectivity index (χ0) is 12.6. The summed E-state index contributed by atoms with van der Waals surface area (Å²) < 4.78 is 13.6. The second kappa shape index (κ2) is 4.35. The van der Waals surface area contributed by atoms with E-state index in [0.29, 0.717) is 11.6 Å². The minimum atomic E-state index is -0.515. The number of amides is 1. The van der Waals surface area contributed by atoms with Crippen LogP contribution in [0.2, 0.25) is 0 Å². The molecule has 4 heteroatoms. The standard InChI is InChI=1S/C13H17FN2O/c1-8(9-3-4-9)16(2)13(17)11-7-10(15)5-6-12(11)14/h5-9H,3-4,15H2,1-2H3. The van der Waals surface area contributed by atoms with Gasteiger partial charge in [-0.05, 0) is 43.9 Å². The smallest absolute Gasteiger partial charge is 0.256 e.